The van der Waals surface area contributed by atoms with Gasteiger partial charge in [-0.15, -0.1) is 0 Å². The van der Waals surface area contributed by atoms with Crippen molar-refractivity contribution in [2.45, 2.75) is 27.3 Å². The summed E-state index contributed by atoms with van der Waals surface area (Å²) >= 11 is 0. The molecule has 0 saturated heterocycles. The molecule has 136 valence electrons. The summed E-state index contributed by atoms with van der Waals surface area (Å²) in [7, 11) is 3.31. The van der Waals surface area contributed by atoms with Gasteiger partial charge in [-0.3, -0.25) is 0 Å². The third-order valence-electron chi connectivity index (χ3n) is 4.45. The molecule has 1 aromatic heterocycles. The lowest BCUT2D eigenvalue weighted by atomic mass is 10.1. The fourth-order valence-corrected chi connectivity index (χ4v) is 3.08. The van der Waals surface area contributed by atoms with E-state index >= 15 is 0 Å². The molecule has 0 bridgehead atoms. The second-order valence-electron chi connectivity index (χ2n) is 6.34. The number of methoxy groups -OCH3 is 2. The molecule has 1 N–H and O–H groups in total. The van der Waals surface area contributed by atoms with Gasteiger partial charge in [-0.1, -0.05) is 12.1 Å². The number of para-hydroxylation sites is 2. The second kappa shape index (κ2) is 7.52. The second-order valence-corrected chi connectivity index (χ2v) is 6.34. The predicted molar refractivity (Wildman–Crippen MR) is 105 cm³/mol. The maximum Gasteiger partial charge on any atom is 0.161 e. The van der Waals surface area contributed by atoms with Crippen LogP contribution in [0.1, 0.15) is 22.5 Å². The summed E-state index contributed by atoms with van der Waals surface area (Å²) in [6, 6.07) is 14.3. The van der Waals surface area contributed by atoms with Crippen molar-refractivity contribution in [3.63, 3.8) is 0 Å². The van der Waals surface area contributed by atoms with Gasteiger partial charge in [0.15, 0.2) is 11.5 Å². The molecule has 5 nitrogen and oxygen atoms in total. The Morgan fingerprint density at radius 1 is 0.962 bits per heavy atom. The summed E-state index contributed by atoms with van der Waals surface area (Å²) in [6.07, 6.45) is 0. The molecular weight excluding hydrogens is 326 g/mol. The van der Waals surface area contributed by atoms with Gasteiger partial charge in [0.05, 0.1) is 31.3 Å². The summed E-state index contributed by atoms with van der Waals surface area (Å²) < 4.78 is 12.8. The molecule has 0 saturated carbocycles. The van der Waals surface area contributed by atoms with Gasteiger partial charge in [0, 0.05) is 12.2 Å². The average molecular weight is 351 g/mol. The van der Waals surface area contributed by atoms with Crippen LogP contribution in [0.3, 0.4) is 0 Å². The number of aromatic nitrogens is 2. The van der Waals surface area contributed by atoms with Crippen molar-refractivity contribution in [1.29, 1.82) is 0 Å². The quantitative estimate of drug-likeness (QED) is 0.714. The molecule has 26 heavy (non-hydrogen) atoms. The molecule has 0 aliphatic carbocycles. The van der Waals surface area contributed by atoms with Crippen LogP contribution in [0.2, 0.25) is 0 Å². The Kier molecular flexibility index (Phi) is 5.16. The summed E-state index contributed by atoms with van der Waals surface area (Å²) in [5.74, 6) is 1.48. The molecule has 1 heterocycles. The normalized spacial score (nSPS) is 10.7. The minimum atomic E-state index is 0.683. The van der Waals surface area contributed by atoms with Gasteiger partial charge in [-0.25, -0.2) is 4.68 Å². The van der Waals surface area contributed by atoms with Crippen molar-refractivity contribution < 1.29 is 9.47 Å². The predicted octanol–water partition coefficient (Wildman–Crippen LogP) is 4.43. The molecule has 5 heteroatoms. The van der Waals surface area contributed by atoms with Gasteiger partial charge >= 0.3 is 0 Å². The SMILES string of the molecule is COc1cc(C)c(CNc2ccccc2-n2nc(C)cc2C)cc1OC. The van der Waals surface area contributed by atoms with E-state index in [1.807, 2.05) is 35.9 Å². The monoisotopic (exact) mass is 351 g/mol. The zero-order chi connectivity index (χ0) is 18.7. The summed E-state index contributed by atoms with van der Waals surface area (Å²) in [5, 5.41) is 8.14. The van der Waals surface area contributed by atoms with E-state index in [0.717, 1.165) is 45.4 Å². The third kappa shape index (κ3) is 3.52. The Bertz CT molecular complexity index is 916. The first-order valence-corrected chi connectivity index (χ1v) is 8.61. The average Bonchev–Trinajstić information content (AvgIpc) is 2.98. The number of benzene rings is 2. The van der Waals surface area contributed by atoms with E-state index in [2.05, 4.69) is 42.5 Å². The number of anilines is 1. The standard InChI is InChI=1S/C21H25N3O2/c1-14-10-20(25-4)21(26-5)12-17(14)13-22-18-8-6-7-9-19(18)24-16(3)11-15(2)23-24/h6-12,22H,13H2,1-5H3. The van der Waals surface area contributed by atoms with Gasteiger partial charge in [0.1, 0.15) is 0 Å². The van der Waals surface area contributed by atoms with Crippen LogP contribution in [0.25, 0.3) is 5.69 Å². The van der Waals surface area contributed by atoms with Crippen molar-refractivity contribution in [3.05, 3.63) is 65.0 Å². The Hall–Kier alpha value is -2.95. The highest BCUT2D eigenvalue weighted by molar-refractivity contribution is 5.61. The van der Waals surface area contributed by atoms with Crippen LogP contribution >= 0.6 is 0 Å². The lowest BCUT2D eigenvalue weighted by Crippen LogP contribution is -2.07. The first-order chi connectivity index (χ1) is 12.5. The summed E-state index contributed by atoms with van der Waals surface area (Å²) in [4.78, 5) is 0. The van der Waals surface area contributed by atoms with Crippen molar-refractivity contribution >= 4 is 5.69 Å². The van der Waals surface area contributed by atoms with E-state index in [9.17, 15) is 0 Å². The van der Waals surface area contributed by atoms with E-state index < -0.39 is 0 Å². The van der Waals surface area contributed by atoms with Crippen molar-refractivity contribution in [3.8, 4) is 17.2 Å². The maximum atomic E-state index is 5.43. The number of rotatable bonds is 6. The molecule has 0 radical (unpaired) electrons. The molecule has 3 aromatic rings. The molecule has 0 amide bonds. The van der Waals surface area contributed by atoms with Crippen LogP contribution in [0.15, 0.2) is 42.5 Å². The molecule has 0 aliphatic heterocycles. The highest BCUT2D eigenvalue weighted by atomic mass is 16.5. The van der Waals surface area contributed by atoms with Gasteiger partial charge in [0.25, 0.3) is 0 Å². The van der Waals surface area contributed by atoms with Crippen LogP contribution in [0.4, 0.5) is 5.69 Å². The van der Waals surface area contributed by atoms with E-state index in [1.54, 1.807) is 14.2 Å². The van der Waals surface area contributed by atoms with Crippen molar-refractivity contribution in [2.75, 3.05) is 19.5 Å². The van der Waals surface area contributed by atoms with Gasteiger partial charge < -0.3 is 14.8 Å². The summed E-state index contributed by atoms with van der Waals surface area (Å²) in [5.41, 5.74) is 6.50. The number of hydrogen-bond acceptors (Lipinski definition) is 4. The summed E-state index contributed by atoms with van der Waals surface area (Å²) in [6.45, 7) is 6.83. The topological polar surface area (TPSA) is 48.3 Å². The molecule has 0 atom stereocenters. The molecule has 2 aromatic carbocycles. The van der Waals surface area contributed by atoms with E-state index in [-0.39, 0.29) is 0 Å². The van der Waals surface area contributed by atoms with Crippen molar-refractivity contribution in [1.82, 2.24) is 9.78 Å². The highest BCUT2D eigenvalue weighted by Crippen LogP contribution is 2.31. The Morgan fingerprint density at radius 3 is 2.31 bits per heavy atom. The van der Waals surface area contributed by atoms with Crippen molar-refractivity contribution in [2.24, 2.45) is 0 Å². The van der Waals surface area contributed by atoms with Gasteiger partial charge in [0.2, 0.25) is 0 Å². The van der Waals surface area contributed by atoms with Crippen LogP contribution in [0, 0.1) is 20.8 Å². The number of nitrogens with zero attached hydrogens (tertiary/aromatic N) is 2. The number of ether oxygens (including phenoxy) is 2. The Labute approximate surface area is 154 Å². The van der Waals surface area contributed by atoms with E-state index in [1.165, 1.54) is 0 Å². The molecule has 3 rings (SSSR count). The molecular formula is C21H25N3O2. The first kappa shape index (κ1) is 17.9. The fraction of sp³-hybridized carbons (Fsp3) is 0.286. The van der Waals surface area contributed by atoms with Gasteiger partial charge in [-0.2, -0.15) is 5.10 Å². The van der Waals surface area contributed by atoms with E-state index in [4.69, 9.17) is 9.47 Å². The lowest BCUT2D eigenvalue weighted by Gasteiger charge is -2.16. The molecule has 0 aliphatic rings. The van der Waals surface area contributed by atoms with Crippen LogP contribution in [-0.4, -0.2) is 24.0 Å². The smallest absolute Gasteiger partial charge is 0.161 e. The zero-order valence-corrected chi connectivity index (χ0v) is 16.0. The largest absolute Gasteiger partial charge is 0.493 e. The first-order valence-electron chi connectivity index (χ1n) is 8.61. The number of hydrogen-bond donors (Lipinski definition) is 1. The minimum Gasteiger partial charge on any atom is -0.493 e. The Balaban J connectivity index is 1.89. The molecule has 0 fully saturated rings. The Morgan fingerprint density at radius 2 is 1.65 bits per heavy atom. The lowest BCUT2D eigenvalue weighted by molar-refractivity contribution is 0.354. The molecule has 0 spiro atoms. The van der Waals surface area contributed by atoms with Gasteiger partial charge in [-0.05, 0) is 62.2 Å². The highest BCUT2D eigenvalue weighted by Gasteiger charge is 2.11. The van der Waals surface area contributed by atoms with E-state index in [0.29, 0.717) is 6.54 Å². The maximum absolute atomic E-state index is 5.43. The zero-order valence-electron chi connectivity index (χ0n) is 16.0. The number of aryl methyl sites for hydroxylation is 3. The number of nitrogens with one attached hydrogen (secondary N) is 1. The minimum absolute atomic E-state index is 0.683. The molecule has 0 unspecified atom stereocenters. The van der Waals surface area contributed by atoms with Crippen LogP contribution in [-0.2, 0) is 6.54 Å². The third-order valence-corrected chi connectivity index (χ3v) is 4.45. The van der Waals surface area contributed by atoms with Crippen LogP contribution in [0.5, 0.6) is 11.5 Å². The fourth-order valence-electron chi connectivity index (χ4n) is 3.08. The van der Waals surface area contributed by atoms with Crippen LogP contribution < -0.4 is 14.8 Å².